The maximum atomic E-state index is 11.9. The Kier molecular flexibility index (Phi) is 3.86. The highest BCUT2D eigenvalue weighted by Crippen LogP contribution is 2.22. The zero-order valence-corrected chi connectivity index (χ0v) is 10.8. The number of hydrogen-bond acceptors (Lipinski definition) is 4. The number of carboxylic acid groups (broad SMARTS) is 1. The number of carbonyl (C=O) groups excluding carboxylic acids is 1. The smallest absolute Gasteiger partial charge is 0.337 e. The molecule has 0 aliphatic carbocycles. The van der Waals surface area contributed by atoms with E-state index in [4.69, 9.17) is 16.7 Å². The summed E-state index contributed by atoms with van der Waals surface area (Å²) in [5.74, 6) is -2.03. The van der Waals surface area contributed by atoms with Gasteiger partial charge in [0.2, 0.25) is 0 Å². The second-order valence-electron chi connectivity index (χ2n) is 3.83. The molecular weight excluding hydrogens is 284 g/mol. The number of aromatic carboxylic acids is 1. The highest BCUT2D eigenvalue weighted by atomic mass is 35.5. The fourth-order valence-electron chi connectivity index (χ4n) is 1.53. The van der Waals surface area contributed by atoms with Crippen LogP contribution in [0.15, 0.2) is 36.5 Å². The molecule has 20 heavy (non-hydrogen) atoms. The number of aromatic hydroxyl groups is 1. The predicted molar refractivity (Wildman–Crippen MR) is 72.3 cm³/mol. The molecule has 1 heterocycles. The second kappa shape index (κ2) is 5.58. The fourth-order valence-corrected chi connectivity index (χ4v) is 1.79. The summed E-state index contributed by atoms with van der Waals surface area (Å²) in [6.45, 7) is 0. The summed E-state index contributed by atoms with van der Waals surface area (Å²) in [6.07, 6.45) is 1.37. The van der Waals surface area contributed by atoms with E-state index in [-0.39, 0.29) is 22.0 Å². The van der Waals surface area contributed by atoms with E-state index in [0.717, 1.165) is 0 Å². The Morgan fingerprint density at radius 3 is 2.60 bits per heavy atom. The molecule has 1 aromatic heterocycles. The summed E-state index contributed by atoms with van der Waals surface area (Å²) in [6, 6.07) is 6.81. The standard InChI is InChI=1S/C13H9ClN2O4/c14-9-6-7(3-4-8(9)13(19)20)16-12(18)11-10(17)2-1-5-15-11/h1-6,17H,(H,16,18)(H,19,20). The van der Waals surface area contributed by atoms with Crippen molar-refractivity contribution in [3.05, 3.63) is 52.8 Å². The molecule has 1 aromatic carbocycles. The van der Waals surface area contributed by atoms with Gasteiger partial charge in [-0.1, -0.05) is 11.6 Å². The predicted octanol–water partition coefficient (Wildman–Crippen LogP) is 2.39. The molecule has 0 atom stereocenters. The van der Waals surface area contributed by atoms with Crippen LogP contribution < -0.4 is 5.32 Å². The third-order valence-corrected chi connectivity index (χ3v) is 2.77. The van der Waals surface area contributed by atoms with Crippen LogP contribution in [0.3, 0.4) is 0 Å². The Morgan fingerprint density at radius 2 is 2.00 bits per heavy atom. The maximum absolute atomic E-state index is 11.9. The average Bonchev–Trinajstić information content (AvgIpc) is 2.38. The van der Waals surface area contributed by atoms with Gasteiger partial charge < -0.3 is 15.5 Å². The van der Waals surface area contributed by atoms with Crippen molar-refractivity contribution in [1.82, 2.24) is 4.98 Å². The molecule has 1 amide bonds. The van der Waals surface area contributed by atoms with Gasteiger partial charge in [-0.05, 0) is 30.3 Å². The number of benzene rings is 1. The van der Waals surface area contributed by atoms with Crippen molar-refractivity contribution in [2.24, 2.45) is 0 Å². The Hall–Kier alpha value is -2.60. The monoisotopic (exact) mass is 292 g/mol. The van der Waals surface area contributed by atoms with Gasteiger partial charge in [0.15, 0.2) is 5.69 Å². The van der Waals surface area contributed by atoms with E-state index in [2.05, 4.69) is 10.3 Å². The molecule has 0 fully saturated rings. The summed E-state index contributed by atoms with van der Waals surface area (Å²) in [5, 5.41) is 20.8. The van der Waals surface area contributed by atoms with Crippen LogP contribution in [0.25, 0.3) is 0 Å². The quantitative estimate of drug-likeness (QED) is 0.806. The lowest BCUT2D eigenvalue weighted by molar-refractivity contribution is 0.0697. The molecule has 2 rings (SSSR count). The molecular formula is C13H9ClN2O4. The molecule has 0 saturated heterocycles. The summed E-state index contributed by atoms with van der Waals surface area (Å²) in [5.41, 5.74) is 0.103. The Bertz CT molecular complexity index is 688. The summed E-state index contributed by atoms with van der Waals surface area (Å²) in [7, 11) is 0. The fraction of sp³-hybridized carbons (Fsp3) is 0. The molecule has 0 aliphatic rings. The summed E-state index contributed by atoms with van der Waals surface area (Å²) >= 11 is 5.79. The number of anilines is 1. The highest BCUT2D eigenvalue weighted by molar-refractivity contribution is 6.33. The Morgan fingerprint density at radius 1 is 1.25 bits per heavy atom. The third kappa shape index (κ3) is 2.86. The molecule has 2 aromatic rings. The van der Waals surface area contributed by atoms with Crippen LogP contribution >= 0.6 is 11.6 Å². The van der Waals surface area contributed by atoms with Gasteiger partial charge in [0.25, 0.3) is 5.91 Å². The molecule has 6 nitrogen and oxygen atoms in total. The van der Waals surface area contributed by atoms with E-state index in [9.17, 15) is 14.7 Å². The number of carboxylic acids is 1. The number of carbonyl (C=O) groups is 2. The zero-order valence-electron chi connectivity index (χ0n) is 10.0. The van der Waals surface area contributed by atoms with E-state index in [1.54, 1.807) is 0 Å². The van der Waals surface area contributed by atoms with Crippen molar-refractivity contribution in [3.63, 3.8) is 0 Å². The largest absolute Gasteiger partial charge is 0.505 e. The van der Waals surface area contributed by atoms with Crippen molar-refractivity contribution < 1.29 is 19.8 Å². The van der Waals surface area contributed by atoms with Gasteiger partial charge in [0.05, 0.1) is 10.6 Å². The SMILES string of the molecule is O=C(O)c1ccc(NC(=O)c2ncccc2O)cc1Cl. The normalized spacial score (nSPS) is 10.1. The summed E-state index contributed by atoms with van der Waals surface area (Å²) < 4.78 is 0. The Labute approximate surface area is 118 Å². The first kappa shape index (κ1) is 13.8. The van der Waals surface area contributed by atoms with Crippen LogP contribution in [-0.2, 0) is 0 Å². The number of amides is 1. The van der Waals surface area contributed by atoms with E-state index < -0.39 is 11.9 Å². The minimum Gasteiger partial charge on any atom is -0.505 e. The Balaban J connectivity index is 2.23. The third-order valence-electron chi connectivity index (χ3n) is 2.46. The average molecular weight is 293 g/mol. The van der Waals surface area contributed by atoms with E-state index >= 15 is 0 Å². The van der Waals surface area contributed by atoms with Crippen LogP contribution in [0, 0.1) is 0 Å². The number of halogens is 1. The molecule has 0 aliphatic heterocycles. The van der Waals surface area contributed by atoms with Gasteiger partial charge in [-0.3, -0.25) is 4.79 Å². The van der Waals surface area contributed by atoms with Crippen LogP contribution in [0.1, 0.15) is 20.8 Å². The van der Waals surface area contributed by atoms with Crippen LogP contribution in [0.2, 0.25) is 5.02 Å². The first-order valence-electron chi connectivity index (χ1n) is 5.47. The molecule has 0 bridgehead atoms. The highest BCUT2D eigenvalue weighted by Gasteiger charge is 2.14. The lowest BCUT2D eigenvalue weighted by Crippen LogP contribution is -2.14. The van der Waals surface area contributed by atoms with Gasteiger partial charge in [0, 0.05) is 11.9 Å². The van der Waals surface area contributed by atoms with Crippen molar-refractivity contribution in [1.29, 1.82) is 0 Å². The molecule has 7 heteroatoms. The van der Waals surface area contributed by atoms with Gasteiger partial charge >= 0.3 is 5.97 Å². The van der Waals surface area contributed by atoms with E-state index in [1.165, 1.54) is 36.5 Å². The van der Waals surface area contributed by atoms with Crippen LogP contribution in [0.5, 0.6) is 5.75 Å². The summed E-state index contributed by atoms with van der Waals surface area (Å²) in [4.78, 5) is 26.4. The van der Waals surface area contributed by atoms with Crippen molar-refractivity contribution in [2.75, 3.05) is 5.32 Å². The number of hydrogen-bond donors (Lipinski definition) is 3. The van der Waals surface area contributed by atoms with Crippen molar-refractivity contribution >= 4 is 29.2 Å². The van der Waals surface area contributed by atoms with Gasteiger partial charge in [-0.15, -0.1) is 0 Å². The van der Waals surface area contributed by atoms with Crippen LogP contribution in [-0.4, -0.2) is 27.1 Å². The molecule has 0 unspecified atom stereocenters. The zero-order chi connectivity index (χ0) is 14.7. The van der Waals surface area contributed by atoms with E-state index in [0.29, 0.717) is 5.69 Å². The maximum Gasteiger partial charge on any atom is 0.337 e. The van der Waals surface area contributed by atoms with E-state index in [1.807, 2.05) is 0 Å². The topological polar surface area (TPSA) is 99.5 Å². The number of nitrogens with zero attached hydrogens (tertiary/aromatic N) is 1. The van der Waals surface area contributed by atoms with Crippen LogP contribution in [0.4, 0.5) is 5.69 Å². The molecule has 102 valence electrons. The number of nitrogens with one attached hydrogen (secondary N) is 1. The van der Waals surface area contributed by atoms with Gasteiger partial charge in [-0.25, -0.2) is 9.78 Å². The lowest BCUT2D eigenvalue weighted by Gasteiger charge is -2.07. The van der Waals surface area contributed by atoms with Gasteiger partial charge in [0.1, 0.15) is 5.75 Å². The minimum absolute atomic E-state index is 0.000503. The first-order chi connectivity index (χ1) is 9.49. The number of rotatable bonds is 3. The molecule has 0 spiro atoms. The lowest BCUT2D eigenvalue weighted by atomic mass is 10.2. The number of aromatic nitrogens is 1. The molecule has 0 radical (unpaired) electrons. The van der Waals surface area contributed by atoms with Crippen molar-refractivity contribution in [2.45, 2.75) is 0 Å². The van der Waals surface area contributed by atoms with Crippen molar-refractivity contribution in [3.8, 4) is 5.75 Å². The minimum atomic E-state index is -1.16. The molecule has 3 N–H and O–H groups in total. The molecule has 0 saturated carbocycles. The second-order valence-corrected chi connectivity index (χ2v) is 4.23. The first-order valence-corrected chi connectivity index (χ1v) is 5.85. The van der Waals surface area contributed by atoms with Gasteiger partial charge in [-0.2, -0.15) is 0 Å². The number of pyridine rings is 1.